The van der Waals surface area contributed by atoms with E-state index >= 15 is 0 Å². The number of para-hydroxylation sites is 1. The minimum absolute atomic E-state index is 0.942. The maximum atomic E-state index is 6.34. The van der Waals surface area contributed by atoms with Crippen molar-refractivity contribution < 1.29 is 8.98 Å². The Kier molecular flexibility index (Phi) is 3.94. The fourth-order valence-electron chi connectivity index (χ4n) is 4.33. The molecule has 0 unspecified atom stereocenters. The first kappa shape index (κ1) is 18.1. The molecule has 0 aliphatic heterocycles. The smallest absolute Gasteiger partial charge is 0.216 e. The molecule has 3 heteroatoms. The lowest BCUT2D eigenvalue weighted by Crippen LogP contribution is -2.38. The number of benzene rings is 3. The van der Waals surface area contributed by atoms with Crippen LogP contribution in [0.1, 0.15) is 5.56 Å². The third-order valence-electron chi connectivity index (χ3n) is 6.05. The predicted molar refractivity (Wildman–Crippen MR) is 126 cm³/mol. The lowest BCUT2D eigenvalue weighted by molar-refractivity contribution is -0.633. The van der Waals surface area contributed by atoms with Gasteiger partial charge in [0.15, 0.2) is 0 Å². The highest BCUT2D eigenvalue weighted by molar-refractivity contribution is 6.88. The van der Waals surface area contributed by atoms with Crippen molar-refractivity contribution >= 4 is 46.1 Å². The van der Waals surface area contributed by atoms with E-state index in [-0.39, 0.29) is 0 Å². The quantitative estimate of drug-likeness (QED) is 0.261. The molecule has 0 spiro atoms. The predicted octanol–water partition coefficient (Wildman–Crippen LogP) is 6.08. The Hall–Kier alpha value is -2.91. The van der Waals surface area contributed by atoms with Gasteiger partial charge in [-0.05, 0) is 30.7 Å². The summed E-state index contributed by atoms with van der Waals surface area (Å²) >= 11 is 0. The summed E-state index contributed by atoms with van der Waals surface area (Å²) in [5, 5.41) is 5.14. The van der Waals surface area contributed by atoms with E-state index < -0.39 is 8.07 Å². The minimum Gasteiger partial charge on any atom is -0.455 e. The standard InChI is InChI=1S/C26H26NOSi/c1-17-10-13-21-20-8-6-7-9-24(20)28-26(21)25(17)23-14-11-18-16-19(29(3,4)5)12-15-22(18)27(23)2/h6-16H,1-5H3/q+1. The van der Waals surface area contributed by atoms with Crippen LogP contribution in [0.2, 0.25) is 19.6 Å². The molecule has 0 N–H and O–H groups in total. The summed E-state index contributed by atoms with van der Waals surface area (Å²) in [7, 11) is 0.826. The van der Waals surface area contributed by atoms with Crippen LogP contribution in [0.5, 0.6) is 0 Å². The summed E-state index contributed by atoms with van der Waals surface area (Å²) in [6.45, 7) is 9.36. The van der Waals surface area contributed by atoms with Crippen LogP contribution in [0.3, 0.4) is 0 Å². The van der Waals surface area contributed by atoms with E-state index in [1.165, 1.54) is 43.7 Å². The van der Waals surface area contributed by atoms with Gasteiger partial charge in [0.2, 0.25) is 11.2 Å². The number of hydrogen-bond acceptors (Lipinski definition) is 1. The Labute approximate surface area is 172 Å². The van der Waals surface area contributed by atoms with Crippen LogP contribution in [-0.2, 0) is 7.05 Å². The second-order valence-corrected chi connectivity index (χ2v) is 14.1. The summed E-state index contributed by atoms with van der Waals surface area (Å²) in [5.41, 5.74) is 6.75. The first-order valence-corrected chi connectivity index (χ1v) is 13.7. The summed E-state index contributed by atoms with van der Waals surface area (Å²) in [6, 6.07) is 24.1. The van der Waals surface area contributed by atoms with E-state index in [0.717, 1.165) is 11.2 Å². The van der Waals surface area contributed by atoms with Crippen molar-refractivity contribution in [3.8, 4) is 11.3 Å². The van der Waals surface area contributed by atoms with Crippen LogP contribution in [0.25, 0.3) is 44.1 Å². The van der Waals surface area contributed by atoms with E-state index in [9.17, 15) is 0 Å². The molecule has 0 aliphatic carbocycles. The SMILES string of the molecule is Cc1ccc2c(oc3ccccc32)c1-c1ccc2cc([Si](C)(C)C)ccc2[n+]1C. The normalized spacial score (nSPS) is 12.3. The van der Waals surface area contributed by atoms with Gasteiger partial charge < -0.3 is 4.42 Å². The largest absolute Gasteiger partial charge is 0.455 e. The van der Waals surface area contributed by atoms with Crippen LogP contribution in [0, 0.1) is 6.92 Å². The first-order chi connectivity index (χ1) is 13.8. The van der Waals surface area contributed by atoms with Gasteiger partial charge in [-0.3, -0.25) is 0 Å². The molecule has 5 rings (SSSR count). The molecule has 29 heavy (non-hydrogen) atoms. The molecular formula is C26H26NOSi+. The highest BCUT2D eigenvalue weighted by Crippen LogP contribution is 2.37. The molecule has 0 fully saturated rings. The van der Waals surface area contributed by atoms with Gasteiger partial charge in [0.05, 0.1) is 13.6 Å². The Bertz CT molecular complexity index is 1410. The molecule has 5 aromatic rings. The average Bonchev–Trinajstić information content (AvgIpc) is 3.06. The number of furan rings is 1. The second kappa shape index (κ2) is 6.29. The summed E-state index contributed by atoms with van der Waals surface area (Å²) in [4.78, 5) is 0. The molecule has 0 radical (unpaired) electrons. The number of fused-ring (bicyclic) bond motifs is 4. The molecule has 0 aliphatic rings. The Morgan fingerprint density at radius 1 is 0.828 bits per heavy atom. The van der Waals surface area contributed by atoms with Gasteiger partial charge in [-0.2, -0.15) is 4.57 Å². The van der Waals surface area contributed by atoms with Gasteiger partial charge in [0, 0.05) is 28.3 Å². The van der Waals surface area contributed by atoms with E-state index in [4.69, 9.17) is 4.42 Å². The van der Waals surface area contributed by atoms with Crippen LogP contribution >= 0.6 is 0 Å². The van der Waals surface area contributed by atoms with E-state index in [1.54, 1.807) is 0 Å². The fourth-order valence-corrected chi connectivity index (χ4v) is 5.50. The van der Waals surface area contributed by atoms with E-state index in [1.807, 2.05) is 12.1 Å². The molecule has 2 aromatic heterocycles. The molecule has 3 aromatic carbocycles. The zero-order valence-electron chi connectivity index (χ0n) is 17.7. The minimum atomic E-state index is -1.33. The van der Waals surface area contributed by atoms with Crippen molar-refractivity contribution in [3.63, 3.8) is 0 Å². The molecule has 2 nitrogen and oxygen atoms in total. The topological polar surface area (TPSA) is 17.0 Å². The van der Waals surface area contributed by atoms with Crippen molar-refractivity contribution in [1.82, 2.24) is 0 Å². The second-order valence-electron chi connectivity index (χ2n) is 9.03. The van der Waals surface area contributed by atoms with Crippen molar-refractivity contribution in [3.05, 3.63) is 72.3 Å². The number of nitrogens with zero attached hydrogens (tertiary/aromatic N) is 1. The van der Waals surface area contributed by atoms with Gasteiger partial charge in [-0.25, -0.2) is 0 Å². The monoisotopic (exact) mass is 396 g/mol. The maximum absolute atomic E-state index is 6.34. The van der Waals surface area contributed by atoms with Crippen LogP contribution in [0.15, 0.2) is 71.1 Å². The maximum Gasteiger partial charge on any atom is 0.216 e. The number of aromatic nitrogens is 1. The van der Waals surface area contributed by atoms with Crippen LogP contribution < -0.4 is 9.75 Å². The van der Waals surface area contributed by atoms with E-state index in [0.29, 0.717) is 0 Å². The molecule has 0 amide bonds. The fraction of sp³-hybridized carbons (Fsp3) is 0.192. The number of rotatable bonds is 2. The van der Waals surface area contributed by atoms with Gasteiger partial charge in [0.25, 0.3) is 0 Å². The van der Waals surface area contributed by atoms with Crippen LogP contribution in [-0.4, -0.2) is 8.07 Å². The summed E-state index contributed by atoms with van der Waals surface area (Å²) < 4.78 is 8.65. The summed E-state index contributed by atoms with van der Waals surface area (Å²) in [6.07, 6.45) is 0. The molecule has 0 saturated carbocycles. The molecule has 0 saturated heterocycles. The molecule has 0 bridgehead atoms. The number of aryl methyl sites for hydroxylation is 2. The van der Waals surface area contributed by atoms with Gasteiger partial charge in [0.1, 0.15) is 18.2 Å². The molecule has 0 atom stereocenters. The highest BCUT2D eigenvalue weighted by Gasteiger charge is 2.23. The highest BCUT2D eigenvalue weighted by atomic mass is 28.3. The van der Waals surface area contributed by atoms with Crippen molar-refractivity contribution in [1.29, 1.82) is 0 Å². The van der Waals surface area contributed by atoms with Crippen LogP contribution in [0.4, 0.5) is 0 Å². The number of pyridine rings is 1. The third kappa shape index (κ3) is 2.80. The zero-order chi connectivity index (χ0) is 20.3. The Morgan fingerprint density at radius 2 is 1.62 bits per heavy atom. The molecule has 144 valence electrons. The zero-order valence-corrected chi connectivity index (χ0v) is 18.7. The van der Waals surface area contributed by atoms with Gasteiger partial charge in [-0.1, -0.05) is 61.2 Å². The van der Waals surface area contributed by atoms with Gasteiger partial charge in [-0.15, -0.1) is 0 Å². The Balaban J connectivity index is 1.80. The third-order valence-corrected chi connectivity index (χ3v) is 8.09. The lowest BCUT2D eigenvalue weighted by atomic mass is 10.00. The molecule has 2 heterocycles. The summed E-state index contributed by atoms with van der Waals surface area (Å²) in [5.74, 6) is 0. The average molecular weight is 397 g/mol. The van der Waals surface area contributed by atoms with Crippen molar-refractivity contribution in [2.45, 2.75) is 26.6 Å². The van der Waals surface area contributed by atoms with Gasteiger partial charge >= 0.3 is 0 Å². The lowest BCUT2D eigenvalue weighted by Gasteiger charge is -2.16. The molecular weight excluding hydrogens is 370 g/mol. The van der Waals surface area contributed by atoms with Crippen molar-refractivity contribution in [2.24, 2.45) is 7.05 Å². The van der Waals surface area contributed by atoms with E-state index in [2.05, 4.69) is 92.8 Å². The Morgan fingerprint density at radius 3 is 2.41 bits per heavy atom. The number of hydrogen-bond donors (Lipinski definition) is 0. The van der Waals surface area contributed by atoms with Crippen molar-refractivity contribution in [2.75, 3.05) is 0 Å². The first-order valence-electron chi connectivity index (χ1n) is 10.2.